The lowest BCUT2D eigenvalue weighted by molar-refractivity contribution is -0.129. The van der Waals surface area contributed by atoms with Gasteiger partial charge in [-0.3, -0.25) is 9.59 Å². The van der Waals surface area contributed by atoms with Gasteiger partial charge < -0.3 is 5.32 Å². The minimum atomic E-state index is 0.145. The molecule has 0 aromatic rings. The van der Waals surface area contributed by atoms with Crippen LogP contribution in [0.2, 0.25) is 0 Å². The van der Waals surface area contributed by atoms with Gasteiger partial charge in [-0.25, -0.2) is 0 Å². The first-order valence-electron chi connectivity index (χ1n) is 9.37. The molecular weight excluding hydrogens is 286 g/mol. The molecule has 1 saturated heterocycles. The second-order valence-electron chi connectivity index (χ2n) is 8.98. The van der Waals surface area contributed by atoms with E-state index in [-0.39, 0.29) is 22.7 Å². The van der Waals surface area contributed by atoms with E-state index in [1.54, 1.807) is 6.92 Å². The average Bonchev–Trinajstić information content (AvgIpc) is 2.85. The summed E-state index contributed by atoms with van der Waals surface area (Å²) >= 11 is 0. The molecule has 126 valence electrons. The molecule has 3 aliphatic carbocycles. The Morgan fingerprint density at radius 3 is 2.70 bits per heavy atom. The molecule has 3 nitrogen and oxygen atoms in total. The maximum absolute atomic E-state index is 12.1. The van der Waals surface area contributed by atoms with Crippen molar-refractivity contribution in [3.8, 4) is 0 Å². The Morgan fingerprint density at radius 1 is 1.17 bits per heavy atom. The topological polar surface area (TPSA) is 46.2 Å². The maximum atomic E-state index is 12.1. The number of carbonyl (C=O) groups is 2. The number of fused-ring (bicyclic) bond motifs is 5. The van der Waals surface area contributed by atoms with Crippen molar-refractivity contribution in [2.75, 3.05) is 0 Å². The lowest BCUT2D eigenvalue weighted by atomic mass is 9.49. The van der Waals surface area contributed by atoms with Crippen LogP contribution in [-0.2, 0) is 9.59 Å². The third-order valence-corrected chi connectivity index (χ3v) is 8.10. The van der Waals surface area contributed by atoms with Crippen LogP contribution in [0, 0.1) is 34.5 Å². The Hall–Kier alpha value is -1.12. The van der Waals surface area contributed by atoms with Crippen LogP contribution in [0.25, 0.3) is 0 Å². The smallest absolute Gasteiger partial charge is 0.224 e. The Labute approximate surface area is 139 Å². The van der Waals surface area contributed by atoms with Crippen LogP contribution in [0.3, 0.4) is 0 Å². The predicted octanol–water partition coefficient (Wildman–Crippen LogP) is 3.84. The van der Waals surface area contributed by atoms with Crippen LogP contribution < -0.4 is 5.32 Å². The molecule has 3 fully saturated rings. The van der Waals surface area contributed by atoms with E-state index >= 15 is 0 Å². The highest BCUT2D eigenvalue weighted by atomic mass is 16.1. The van der Waals surface area contributed by atoms with E-state index in [1.165, 1.54) is 25.0 Å². The summed E-state index contributed by atoms with van der Waals surface area (Å²) in [4.78, 5) is 23.9. The molecule has 6 atom stereocenters. The summed E-state index contributed by atoms with van der Waals surface area (Å²) in [5.74, 6) is 2.91. The van der Waals surface area contributed by atoms with Crippen LogP contribution in [0.1, 0.15) is 65.7 Å². The van der Waals surface area contributed by atoms with Gasteiger partial charge in [0.15, 0.2) is 0 Å². The second-order valence-corrected chi connectivity index (χ2v) is 8.98. The van der Waals surface area contributed by atoms with Gasteiger partial charge in [0.1, 0.15) is 5.78 Å². The van der Waals surface area contributed by atoms with Gasteiger partial charge in [-0.1, -0.05) is 19.9 Å². The van der Waals surface area contributed by atoms with Crippen LogP contribution in [0.4, 0.5) is 0 Å². The van der Waals surface area contributed by atoms with Crippen molar-refractivity contribution in [2.24, 2.45) is 34.5 Å². The highest BCUT2D eigenvalue weighted by molar-refractivity contribution is 5.80. The summed E-state index contributed by atoms with van der Waals surface area (Å²) in [6.45, 7) is 6.55. The first-order chi connectivity index (χ1) is 10.9. The third-order valence-electron chi connectivity index (χ3n) is 8.10. The van der Waals surface area contributed by atoms with E-state index in [1.807, 2.05) is 0 Å². The van der Waals surface area contributed by atoms with Crippen LogP contribution in [-0.4, -0.2) is 11.7 Å². The highest BCUT2D eigenvalue weighted by Crippen LogP contribution is 2.65. The molecule has 4 rings (SSSR count). The van der Waals surface area contributed by atoms with Gasteiger partial charge in [-0.15, -0.1) is 0 Å². The number of rotatable bonds is 1. The van der Waals surface area contributed by atoms with Gasteiger partial charge in [0.05, 0.1) is 0 Å². The lowest BCUT2D eigenvalue weighted by Gasteiger charge is -2.57. The highest BCUT2D eigenvalue weighted by Gasteiger charge is 2.59. The Morgan fingerprint density at radius 2 is 1.96 bits per heavy atom. The minimum absolute atomic E-state index is 0.145. The van der Waals surface area contributed by atoms with E-state index < -0.39 is 0 Å². The standard InChI is InChI=1S/C20H29NO2/c1-12(22)14-5-6-15-13-4-7-17-20(3,11-9-18(23)21-17)16(13)8-10-19(14,15)2/h7,13-16H,4-6,8-11H2,1-3H3,(H,21,23)/t13-,14+,15-,16-,19+,20+/m0/s1. The largest absolute Gasteiger partial charge is 0.330 e. The molecule has 0 radical (unpaired) electrons. The zero-order valence-corrected chi connectivity index (χ0v) is 14.7. The molecule has 23 heavy (non-hydrogen) atoms. The molecule has 1 aliphatic heterocycles. The van der Waals surface area contributed by atoms with Crippen LogP contribution in [0.5, 0.6) is 0 Å². The fourth-order valence-corrected chi connectivity index (χ4v) is 6.86. The van der Waals surface area contributed by atoms with E-state index in [9.17, 15) is 9.59 Å². The van der Waals surface area contributed by atoms with E-state index in [0.29, 0.717) is 30.0 Å². The number of amides is 1. The molecule has 4 aliphatic rings. The van der Waals surface area contributed by atoms with Crippen molar-refractivity contribution < 1.29 is 9.59 Å². The third kappa shape index (κ3) is 2.01. The van der Waals surface area contributed by atoms with Gasteiger partial charge >= 0.3 is 0 Å². The number of hydrogen-bond acceptors (Lipinski definition) is 2. The average molecular weight is 315 g/mol. The van der Waals surface area contributed by atoms with E-state index in [4.69, 9.17) is 0 Å². The second kappa shape index (κ2) is 4.94. The van der Waals surface area contributed by atoms with Crippen molar-refractivity contribution in [3.05, 3.63) is 11.8 Å². The lowest BCUT2D eigenvalue weighted by Crippen LogP contribution is -2.53. The molecule has 1 heterocycles. The summed E-state index contributed by atoms with van der Waals surface area (Å²) < 4.78 is 0. The van der Waals surface area contributed by atoms with Gasteiger partial charge in [0.2, 0.25) is 5.91 Å². The van der Waals surface area contributed by atoms with Crippen molar-refractivity contribution in [1.82, 2.24) is 5.32 Å². The molecular formula is C20H29NO2. The fourth-order valence-electron chi connectivity index (χ4n) is 6.86. The quantitative estimate of drug-likeness (QED) is 0.799. The molecule has 1 amide bonds. The molecule has 3 heteroatoms. The fraction of sp³-hybridized carbons (Fsp3) is 0.800. The zero-order chi connectivity index (χ0) is 16.4. The Balaban J connectivity index is 1.67. The number of carbonyl (C=O) groups excluding carboxylic acids is 2. The van der Waals surface area contributed by atoms with E-state index in [0.717, 1.165) is 19.3 Å². The van der Waals surface area contributed by atoms with Crippen LogP contribution >= 0.6 is 0 Å². The molecule has 1 N–H and O–H groups in total. The normalized spacial score (nSPS) is 48.7. The number of ketones is 1. The number of nitrogens with one attached hydrogen (secondary N) is 1. The molecule has 0 spiro atoms. The number of Topliss-reactive ketones (excluding diaryl/α,β-unsaturated/α-hetero) is 1. The van der Waals surface area contributed by atoms with Crippen molar-refractivity contribution >= 4 is 11.7 Å². The summed E-state index contributed by atoms with van der Waals surface area (Å²) in [5, 5.41) is 3.16. The van der Waals surface area contributed by atoms with Gasteiger partial charge in [-0.2, -0.15) is 0 Å². The monoisotopic (exact) mass is 315 g/mol. The first-order valence-corrected chi connectivity index (χ1v) is 9.37. The SMILES string of the molecule is CC(=O)[C@H]1CC[C@H]2[C@@H]3CC=C4NC(=O)CC[C@]4(C)[C@H]3CC[C@]12C. The van der Waals surface area contributed by atoms with Crippen LogP contribution in [0.15, 0.2) is 11.8 Å². The van der Waals surface area contributed by atoms with Crippen molar-refractivity contribution in [1.29, 1.82) is 0 Å². The molecule has 0 unspecified atom stereocenters. The Bertz CT molecular complexity index is 594. The number of hydrogen-bond donors (Lipinski definition) is 1. The number of allylic oxidation sites excluding steroid dienone is 2. The molecule has 0 aromatic carbocycles. The summed E-state index contributed by atoms with van der Waals surface area (Å²) in [7, 11) is 0. The van der Waals surface area contributed by atoms with Crippen molar-refractivity contribution in [3.63, 3.8) is 0 Å². The molecule has 0 aromatic heterocycles. The van der Waals surface area contributed by atoms with Gasteiger partial charge in [-0.05, 0) is 68.6 Å². The van der Waals surface area contributed by atoms with Gasteiger partial charge in [0.25, 0.3) is 0 Å². The zero-order valence-electron chi connectivity index (χ0n) is 14.7. The summed E-state index contributed by atoms with van der Waals surface area (Å²) in [5.41, 5.74) is 1.55. The first kappa shape index (κ1) is 15.4. The maximum Gasteiger partial charge on any atom is 0.224 e. The summed E-state index contributed by atoms with van der Waals surface area (Å²) in [6.07, 6.45) is 9.74. The molecule has 0 bridgehead atoms. The Kier molecular flexibility index (Phi) is 3.31. The van der Waals surface area contributed by atoms with Gasteiger partial charge in [0, 0.05) is 23.5 Å². The minimum Gasteiger partial charge on any atom is -0.330 e. The molecule has 2 saturated carbocycles. The number of piperidine rings is 1. The summed E-state index contributed by atoms with van der Waals surface area (Å²) in [6, 6.07) is 0. The predicted molar refractivity (Wildman–Crippen MR) is 89.4 cm³/mol. The van der Waals surface area contributed by atoms with E-state index in [2.05, 4.69) is 25.2 Å². The van der Waals surface area contributed by atoms with Crippen molar-refractivity contribution in [2.45, 2.75) is 65.7 Å².